The van der Waals surface area contributed by atoms with E-state index in [4.69, 9.17) is 17.3 Å². The maximum atomic E-state index is 13.1. The molecule has 1 aromatic carbocycles. The molecule has 0 aliphatic heterocycles. The normalized spacial score (nSPS) is 12.9. The number of halogens is 2. The Labute approximate surface area is 82.7 Å². The second-order valence-electron chi connectivity index (χ2n) is 3.25. The summed E-state index contributed by atoms with van der Waals surface area (Å²) in [5, 5.41) is 0.570. The average molecular weight is 202 g/mol. The Morgan fingerprint density at radius 3 is 2.85 bits per heavy atom. The first kappa shape index (κ1) is 10.5. The molecule has 0 aliphatic carbocycles. The molecule has 0 fully saturated rings. The van der Waals surface area contributed by atoms with E-state index in [0.29, 0.717) is 17.0 Å². The van der Waals surface area contributed by atoms with Gasteiger partial charge in [-0.25, -0.2) is 4.39 Å². The fourth-order valence-electron chi connectivity index (χ4n) is 1.12. The molecule has 0 heterocycles. The van der Waals surface area contributed by atoms with Gasteiger partial charge < -0.3 is 5.73 Å². The van der Waals surface area contributed by atoms with Crippen LogP contribution in [0.1, 0.15) is 18.9 Å². The predicted octanol–water partition coefficient (Wildman–Crippen LogP) is 2.76. The van der Waals surface area contributed by atoms with E-state index in [2.05, 4.69) is 0 Å². The van der Waals surface area contributed by atoms with E-state index in [1.54, 1.807) is 12.1 Å². The van der Waals surface area contributed by atoms with Gasteiger partial charge in [0.1, 0.15) is 5.82 Å². The first-order valence-electron chi connectivity index (χ1n) is 4.29. The van der Waals surface area contributed by atoms with Crippen LogP contribution in [-0.4, -0.2) is 6.04 Å². The van der Waals surface area contributed by atoms with Gasteiger partial charge in [-0.15, -0.1) is 0 Å². The van der Waals surface area contributed by atoms with Crippen LogP contribution >= 0.6 is 11.6 Å². The number of nitrogens with two attached hydrogens (primary N) is 1. The highest BCUT2D eigenvalue weighted by Crippen LogP contribution is 2.16. The van der Waals surface area contributed by atoms with Crippen LogP contribution in [-0.2, 0) is 6.42 Å². The molecule has 72 valence electrons. The number of aryl methyl sites for hydroxylation is 1. The van der Waals surface area contributed by atoms with E-state index in [-0.39, 0.29) is 11.9 Å². The van der Waals surface area contributed by atoms with E-state index in [0.717, 1.165) is 6.42 Å². The van der Waals surface area contributed by atoms with Gasteiger partial charge in [0.05, 0.1) is 0 Å². The largest absolute Gasteiger partial charge is 0.328 e. The summed E-state index contributed by atoms with van der Waals surface area (Å²) in [6, 6.07) is 4.68. The molecule has 1 rings (SSSR count). The first-order valence-corrected chi connectivity index (χ1v) is 4.67. The summed E-state index contributed by atoms with van der Waals surface area (Å²) in [6.45, 7) is 1.91. The van der Waals surface area contributed by atoms with Crippen molar-refractivity contribution >= 4 is 11.6 Å². The smallest absolute Gasteiger partial charge is 0.126 e. The minimum Gasteiger partial charge on any atom is -0.328 e. The van der Waals surface area contributed by atoms with Crippen molar-refractivity contribution in [2.75, 3.05) is 0 Å². The molecule has 0 unspecified atom stereocenters. The monoisotopic (exact) mass is 201 g/mol. The van der Waals surface area contributed by atoms with E-state index in [1.807, 2.05) is 6.92 Å². The Balaban J connectivity index is 2.70. The average Bonchev–Trinajstić information content (AvgIpc) is 2.06. The van der Waals surface area contributed by atoms with Crippen molar-refractivity contribution in [3.8, 4) is 0 Å². The molecular weight excluding hydrogens is 189 g/mol. The van der Waals surface area contributed by atoms with Gasteiger partial charge in [-0.3, -0.25) is 0 Å². The molecule has 0 amide bonds. The predicted molar refractivity (Wildman–Crippen MR) is 53.4 cm³/mol. The van der Waals surface area contributed by atoms with Gasteiger partial charge in [0, 0.05) is 11.1 Å². The summed E-state index contributed by atoms with van der Waals surface area (Å²) >= 11 is 5.73. The number of hydrogen-bond donors (Lipinski definition) is 1. The van der Waals surface area contributed by atoms with Crippen LogP contribution in [0.5, 0.6) is 0 Å². The fourth-order valence-corrected chi connectivity index (χ4v) is 1.31. The molecule has 0 spiro atoms. The van der Waals surface area contributed by atoms with Crippen molar-refractivity contribution in [3.05, 3.63) is 34.6 Å². The molecule has 0 saturated carbocycles. The lowest BCUT2D eigenvalue weighted by molar-refractivity contribution is 0.590. The zero-order valence-electron chi connectivity index (χ0n) is 7.56. The molecule has 0 aromatic heterocycles. The number of rotatable bonds is 3. The van der Waals surface area contributed by atoms with Crippen LogP contribution < -0.4 is 5.73 Å². The molecule has 0 bridgehead atoms. The molecule has 0 saturated heterocycles. The van der Waals surface area contributed by atoms with Crippen LogP contribution in [0.4, 0.5) is 4.39 Å². The van der Waals surface area contributed by atoms with Gasteiger partial charge in [-0.2, -0.15) is 0 Å². The Kier molecular flexibility index (Phi) is 3.70. The second kappa shape index (κ2) is 4.58. The Hall–Kier alpha value is -0.600. The van der Waals surface area contributed by atoms with E-state index in [1.165, 1.54) is 6.07 Å². The molecule has 1 atom stereocenters. The topological polar surface area (TPSA) is 26.0 Å². The molecular formula is C10H13ClFN. The third-order valence-corrected chi connectivity index (χ3v) is 2.11. The molecule has 3 heteroatoms. The highest BCUT2D eigenvalue weighted by molar-refractivity contribution is 6.30. The van der Waals surface area contributed by atoms with Crippen LogP contribution in [0.15, 0.2) is 18.2 Å². The standard InChI is InChI=1S/C10H13ClFN/c1-7(13)2-3-8-6-9(11)4-5-10(8)12/h4-7H,2-3,13H2,1H3/t7-/m1/s1. The lowest BCUT2D eigenvalue weighted by Gasteiger charge is -2.06. The molecule has 13 heavy (non-hydrogen) atoms. The minimum atomic E-state index is -0.204. The van der Waals surface area contributed by atoms with Crippen molar-refractivity contribution in [2.45, 2.75) is 25.8 Å². The Morgan fingerprint density at radius 1 is 1.54 bits per heavy atom. The molecule has 0 radical (unpaired) electrons. The van der Waals surface area contributed by atoms with Crippen molar-refractivity contribution in [2.24, 2.45) is 5.73 Å². The van der Waals surface area contributed by atoms with Crippen molar-refractivity contribution in [1.29, 1.82) is 0 Å². The maximum Gasteiger partial charge on any atom is 0.126 e. The Bertz CT molecular complexity index is 286. The summed E-state index contributed by atoms with van der Waals surface area (Å²) in [6.07, 6.45) is 1.42. The summed E-state index contributed by atoms with van der Waals surface area (Å²) < 4.78 is 13.1. The fraction of sp³-hybridized carbons (Fsp3) is 0.400. The van der Waals surface area contributed by atoms with Gasteiger partial charge in [-0.05, 0) is 43.5 Å². The van der Waals surface area contributed by atoms with E-state index >= 15 is 0 Å². The third kappa shape index (κ3) is 3.33. The van der Waals surface area contributed by atoms with Gasteiger partial charge >= 0.3 is 0 Å². The van der Waals surface area contributed by atoms with Crippen molar-refractivity contribution in [1.82, 2.24) is 0 Å². The lowest BCUT2D eigenvalue weighted by atomic mass is 10.1. The van der Waals surface area contributed by atoms with Gasteiger partial charge in [0.25, 0.3) is 0 Å². The second-order valence-corrected chi connectivity index (χ2v) is 3.69. The van der Waals surface area contributed by atoms with Crippen molar-refractivity contribution < 1.29 is 4.39 Å². The first-order chi connectivity index (χ1) is 6.09. The maximum absolute atomic E-state index is 13.1. The van der Waals surface area contributed by atoms with Crippen LogP contribution in [0, 0.1) is 5.82 Å². The van der Waals surface area contributed by atoms with Gasteiger partial charge in [0.15, 0.2) is 0 Å². The minimum absolute atomic E-state index is 0.0957. The zero-order chi connectivity index (χ0) is 9.84. The SMILES string of the molecule is C[C@@H](N)CCc1cc(Cl)ccc1F. The molecule has 0 aliphatic rings. The van der Waals surface area contributed by atoms with Crippen LogP contribution in [0.3, 0.4) is 0 Å². The number of hydrogen-bond acceptors (Lipinski definition) is 1. The summed E-state index contributed by atoms with van der Waals surface area (Å²) in [4.78, 5) is 0. The Morgan fingerprint density at radius 2 is 2.23 bits per heavy atom. The lowest BCUT2D eigenvalue weighted by Crippen LogP contribution is -2.15. The van der Waals surface area contributed by atoms with E-state index in [9.17, 15) is 4.39 Å². The van der Waals surface area contributed by atoms with Crippen LogP contribution in [0.2, 0.25) is 5.02 Å². The summed E-state index contributed by atoms with van der Waals surface area (Å²) in [7, 11) is 0. The summed E-state index contributed by atoms with van der Waals surface area (Å²) in [5.74, 6) is -0.204. The molecule has 2 N–H and O–H groups in total. The highest BCUT2D eigenvalue weighted by Gasteiger charge is 2.03. The van der Waals surface area contributed by atoms with Crippen molar-refractivity contribution in [3.63, 3.8) is 0 Å². The van der Waals surface area contributed by atoms with E-state index < -0.39 is 0 Å². The molecule has 1 aromatic rings. The zero-order valence-corrected chi connectivity index (χ0v) is 8.31. The number of benzene rings is 1. The quantitative estimate of drug-likeness (QED) is 0.800. The third-order valence-electron chi connectivity index (χ3n) is 1.88. The highest BCUT2D eigenvalue weighted by atomic mass is 35.5. The molecule has 1 nitrogen and oxygen atoms in total. The van der Waals surface area contributed by atoms with Gasteiger partial charge in [0.2, 0.25) is 0 Å². The van der Waals surface area contributed by atoms with Crippen LogP contribution in [0.25, 0.3) is 0 Å². The van der Waals surface area contributed by atoms with Gasteiger partial charge in [-0.1, -0.05) is 11.6 Å². The summed E-state index contributed by atoms with van der Waals surface area (Å²) in [5.41, 5.74) is 6.22.